The number of carbonyl (C=O) groups is 1. The van der Waals surface area contributed by atoms with Crippen molar-refractivity contribution >= 4 is 34.3 Å². The molecule has 60 valence electrons. The van der Waals surface area contributed by atoms with Crippen LogP contribution >= 0.6 is 22.6 Å². The van der Waals surface area contributed by atoms with Crippen LogP contribution in [0.1, 0.15) is 12.6 Å². The van der Waals surface area contributed by atoms with Crippen molar-refractivity contribution in [2.45, 2.75) is 13.8 Å². The van der Waals surface area contributed by atoms with Crippen LogP contribution in [0.3, 0.4) is 0 Å². The monoisotopic (exact) mass is 265 g/mol. The van der Waals surface area contributed by atoms with Gasteiger partial charge in [-0.15, -0.1) is 0 Å². The van der Waals surface area contributed by atoms with Crippen molar-refractivity contribution in [3.63, 3.8) is 0 Å². The highest BCUT2D eigenvalue weighted by molar-refractivity contribution is 14.1. The van der Waals surface area contributed by atoms with Gasteiger partial charge in [-0.25, -0.2) is 0 Å². The summed E-state index contributed by atoms with van der Waals surface area (Å²) in [6.07, 6.45) is 0. The molecule has 1 heterocycles. The Morgan fingerprint density at radius 3 is 2.73 bits per heavy atom. The Balaban J connectivity index is 2.87. The number of halogens is 1. The molecule has 5 heteroatoms. The van der Waals surface area contributed by atoms with E-state index >= 15 is 0 Å². The molecule has 0 aromatic carbocycles. The first-order valence-corrected chi connectivity index (χ1v) is 4.17. The van der Waals surface area contributed by atoms with Crippen LogP contribution in [0.5, 0.6) is 0 Å². The van der Waals surface area contributed by atoms with Crippen LogP contribution in [0.4, 0.5) is 5.82 Å². The van der Waals surface area contributed by atoms with Crippen molar-refractivity contribution in [3.8, 4) is 0 Å². The molecule has 11 heavy (non-hydrogen) atoms. The summed E-state index contributed by atoms with van der Waals surface area (Å²) in [6.45, 7) is 3.34. The van der Waals surface area contributed by atoms with Gasteiger partial charge in [0.25, 0.3) is 0 Å². The molecule has 0 aliphatic carbocycles. The van der Waals surface area contributed by atoms with Crippen LogP contribution in [0, 0.1) is 10.5 Å². The lowest BCUT2D eigenvalue weighted by atomic mass is 10.5. The van der Waals surface area contributed by atoms with Crippen LogP contribution in [0.25, 0.3) is 0 Å². The molecule has 0 saturated carbocycles. The molecule has 1 aromatic rings. The van der Waals surface area contributed by atoms with E-state index in [0.717, 1.165) is 9.26 Å². The minimum atomic E-state index is -0.0911. The molecule has 0 atom stereocenters. The van der Waals surface area contributed by atoms with Crippen molar-refractivity contribution in [2.24, 2.45) is 0 Å². The van der Waals surface area contributed by atoms with Crippen molar-refractivity contribution in [3.05, 3.63) is 9.26 Å². The van der Waals surface area contributed by atoms with Crippen LogP contribution in [0.15, 0.2) is 0 Å². The van der Waals surface area contributed by atoms with Gasteiger partial charge < -0.3 is 5.32 Å². The average molecular weight is 265 g/mol. The van der Waals surface area contributed by atoms with Crippen LogP contribution in [0.2, 0.25) is 0 Å². The molecule has 2 N–H and O–H groups in total. The second kappa shape index (κ2) is 3.21. The number of H-pyrrole nitrogens is 1. The lowest BCUT2D eigenvalue weighted by Crippen LogP contribution is -2.06. The Labute approximate surface area is 77.9 Å². The first-order chi connectivity index (χ1) is 5.11. The van der Waals surface area contributed by atoms with E-state index in [9.17, 15) is 4.79 Å². The highest BCUT2D eigenvalue weighted by atomic mass is 127. The highest BCUT2D eigenvalue weighted by Gasteiger charge is 2.06. The highest BCUT2D eigenvalue weighted by Crippen LogP contribution is 2.17. The average Bonchev–Trinajstić information content (AvgIpc) is 2.18. The summed E-state index contributed by atoms with van der Waals surface area (Å²) in [7, 11) is 0. The summed E-state index contributed by atoms with van der Waals surface area (Å²) in [5, 5.41) is 9.27. The fourth-order valence-electron chi connectivity index (χ4n) is 0.678. The summed E-state index contributed by atoms with van der Waals surface area (Å²) in [5.74, 6) is 0.585. The third kappa shape index (κ3) is 1.92. The van der Waals surface area contributed by atoms with Crippen molar-refractivity contribution < 1.29 is 4.79 Å². The molecule has 0 aliphatic heterocycles. The van der Waals surface area contributed by atoms with Gasteiger partial charge >= 0.3 is 0 Å². The van der Waals surface area contributed by atoms with Gasteiger partial charge in [-0.1, -0.05) is 0 Å². The SMILES string of the molecule is CC(=O)Nc1[nH]nc(C)c1I. The fraction of sp³-hybridized carbons (Fsp3) is 0.333. The molecular weight excluding hydrogens is 257 g/mol. The van der Waals surface area contributed by atoms with Crippen LogP contribution < -0.4 is 5.32 Å². The van der Waals surface area contributed by atoms with E-state index in [1.54, 1.807) is 0 Å². The molecular formula is C6H8IN3O. The van der Waals surface area contributed by atoms with E-state index in [4.69, 9.17) is 0 Å². The summed E-state index contributed by atoms with van der Waals surface area (Å²) in [5.41, 5.74) is 0.898. The predicted octanol–water partition coefficient (Wildman–Crippen LogP) is 1.28. The van der Waals surface area contributed by atoms with Gasteiger partial charge in [0, 0.05) is 6.92 Å². The molecule has 0 radical (unpaired) electrons. The lowest BCUT2D eigenvalue weighted by molar-refractivity contribution is -0.114. The van der Waals surface area contributed by atoms with Crippen LogP contribution in [-0.4, -0.2) is 16.1 Å². The number of carbonyl (C=O) groups excluding carboxylic acids is 1. The number of hydrogen-bond acceptors (Lipinski definition) is 2. The number of nitrogens with zero attached hydrogens (tertiary/aromatic N) is 1. The largest absolute Gasteiger partial charge is 0.310 e. The summed E-state index contributed by atoms with van der Waals surface area (Å²) < 4.78 is 0.956. The molecule has 0 fully saturated rings. The number of amides is 1. The van der Waals surface area contributed by atoms with E-state index in [0.29, 0.717) is 5.82 Å². The number of aromatic amines is 1. The maximum Gasteiger partial charge on any atom is 0.222 e. The molecule has 1 amide bonds. The van der Waals surface area contributed by atoms with Gasteiger partial charge in [0.05, 0.1) is 9.26 Å². The normalized spacial score (nSPS) is 9.73. The number of aryl methyl sites for hydroxylation is 1. The maximum atomic E-state index is 10.6. The van der Waals surface area contributed by atoms with Crippen molar-refractivity contribution in [1.29, 1.82) is 0 Å². The van der Waals surface area contributed by atoms with Gasteiger partial charge in [-0.3, -0.25) is 9.89 Å². The molecule has 0 saturated heterocycles. The Kier molecular flexibility index (Phi) is 2.48. The van der Waals surface area contributed by atoms with E-state index < -0.39 is 0 Å². The Bertz CT molecular complexity index is 281. The quantitative estimate of drug-likeness (QED) is 0.751. The standard InChI is InChI=1S/C6H8IN3O/c1-3-5(7)6(10-9-3)8-4(2)11/h1-2H3,(H2,8,9,10,11). The molecule has 0 bridgehead atoms. The summed E-state index contributed by atoms with van der Waals surface area (Å²) >= 11 is 2.12. The minimum Gasteiger partial charge on any atom is -0.310 e. The molecule has 1 rings (SSSR count). The summed E-state index contributed by atoms with van der Waals surface area (Å²) in [4.78, 5) is 10.6. The van der Waals surface area contributed by atoms with Crippen molar-refractivity contribution in [1.82, 2.24) is 10.2 Å². The molecule has 4 nitrogen and oxygen atoms in total. The summed E-state index contributed by atoms with van der Waals surface area (Å²) in [6, 6.07) is 0. The second-order valence-corrected chi connectivity index (χ2v) is 3.26. The molecule has 1 aromatic heterocycles. The molecule has 0 spiro atoms. The fourth-order valence-corrected chi connectivity index (χ4v) is 1.05. The Morgan fingerprint density at radius 1 is 1.73 bits per heavy atom. The van der Waals surface area contributed by atoms with E-state index in [1.807, 2.05) is 6.92 Å². The maximum absolute atomic E-state index is 10.6. The van der Waals surface area contributed by atoms with Gasteiger partial charge in [0.2, 0.25) is 5.91 Å². The minimum absolute atomic E-state index is 0.0911. The first kappa shape index (κ1) is 8.51. The van der Waals surface area contributed by atoms with E-state index in [-0.39, 0.29) is 5.91 Å². The number of anilines is 1. The van der Waals surface area contributed by atoms with Crippen LogP contribution in [-0.2, 0) is 4.79 Å². The zero-order valence-corrected chi connectivity index (χ0v) is 8.39. The van der Waals surface area contributed by atoms with Gasteiger partial charge in [-0.05, 0) is 29.5 Å². The van der Waals surface area contributed by atoms with Gasteiger partial charge in [0.1, 0.15) is 5.82 Å². The lowest BCUT2D eigenvalue weighted by Gasteiger charge is -1.96. The second-order valence-electron chi connectivity index (χ2n) is 2.18. The smallest absolute Gasteiger partial charge is 0.222 e. The van der Waals surface area contributed by atoms with E-state index in [2.05, 4.69) is 38.1 Å². The zero-order chi connectivity index (χ0) is 8.43. The molecule has 0 aliphatic rings. The predicted molar refractivity (Wildman–Crippen MR) is 50.3 cm³/mol. The number of rotatable bonds is 1. The van der Waals surface area contributed by atoms with E-state index in [1.165, 1.54) is 6.92 Å². The van der Waals surface area contributed by atoms with Crippen molar-refractivity contribution in [2.75, 3.05) is 5.32 Å². The van der Waals surface area contributed by atoms with Gasteiger partial charge in [0.15, 0.2) is 0 Å². The Hall–Kier alpha value is -0.590. The zero-order valence-electron chi connectivity index (χ0n) is 6.23. The number of nitrogens with one attached hydrogen (secondary N) is 2. The topological polar surface area (TPSA) is 57.8 Å². The number of aromatic nitrogens is 2. The molecule has 0 unspecified atom stereocenters. The first-order valence-electron chi connectivity index (χ1n) is 3.09. The third-order valence-electron chi connectivity index (χ3n) is 1.17. The Morgan fingerprint density at radius 2 is 2.36 bits per heavy atom. The third-order valence-corrected chi connectivity index (χ3v) is 2.49. The number of hydrogen-bond donors (Lipinski definition) is 2. The van der Waals surface area contributed by atoms with Gasteiger partial charge in [-0.2, -0.15) is 5.10 Å².